The monoisotopic (exact) mass is 630 g/mol. The lowest BCUT2D eigenvalue weighted by Gasteiger charge is -2.38. The summed E-state index contributed by atoms with van der Waals surface area (Å²) in [5.41, 5.74) is 1.20. The van der Waals surface area contributed by atoms with Gasteiger partial charge in [-0.1, -0.05) is 49.4 Å². The summed E-state index contributed by atoms with van der Waals surface area (Å²) >= 11 is 0. The van der Waals surface area contributed by atoms with Crippen LogP contribution in [0.2, 0.25) is 0 Å². The molecular formula is C34H38N4O6S. The molecule has 3 amide bonds. The lowest BCUT2D eigenvalue weighted by Crippen LogP contribution is -2.49. The highest BCUT2D eigenvalue weighted by Crippen LogP contribution is 2.35. The molecule has 0 aromatic heterocycles. The minimum atomic E-state index is -3.87. The first-order valence-corrected chi connectivity index (χ1v) is 16.2. The van der Waals surface area contributed by atoms with Crippen LogP contribution in [-0.4, -0.2) is 69.0 Å². The lowest BCUT2D eigenvalue weighted by atomic mass is 9.99. The second kappa shape index (κ2) is 13.2. The van der Waals surface area contributed by atoms with Crippen molar-refractivity contribution >= 4 is 44.1 Å². The fraction of sp³-hybridized carbons (Fsp3) is 0.294. The Balaban J connectivity index is 1.46. The number of nitrogens with zero attached hydrogens (tertiary/aromatic N) is 2. The van der Waals surface area contributed by atoms with E-state index in [9.17, 15) is 18.0 Å². The Morgan fingerprint density at radius 1 is 0.978 bits per heavy atom. The minimum Gasteiger partial charge on any atom is -0.497 e. The summed E-state index contributed by atoms with van der Waals surface area (Å²) in [6.45, 7) is 6.15. The standard InChI is InChI=1S/C34H38N4O6S/c1-22(2)38-20-23(3)31(21-37(4)45(41,42)26-18-16-25(43-5)17-19-26)44-32-28(33(38)39)13-9-15-30(32)36-34(40)35-29-14-8-11-24-10-6-7-12-27(24)29/h6-19,22-23,31H,20-21H2,1-5H3,(H2,35,36,40)/t23-,31+/m1/s1. The first-order chi connectivity index (χ1) is 21.5. The maximum Gasteiger partial charge on any atom is 0.323 e. The van der Waals surface area contributed by atoms with Crippen LogP contribution in [0.5, 0.6) is 11.5 Å². The number of ether oxygens (including phenoxy) is 2. The number of hydrogen-bond donors (Lipinski definition) is 2. The van der Waals surface area contributed by atoms with Gasteiger partial charge in [0, 0.05) is 30.9 Å². The zero-order chi connectivity index (χ0) is 32.3. The van der Waals surface area contributed by atoms with Gasteiger partial charge in [-0.15, -0.1) is 0 Å². The second-order valence-electron chi connectivity index (χ2n) is 11.4. The Morgan fingerprint density at radius 3 is 2.33 bits per heavy atom. The van der Waals surface area contributed by atoms with Gasteiger partial charge >= 0.3 is 6.03 Å². The van der Waals surface area contributed by atoms with Gasteiger partial charge in [-0.25, -0.2) is 13.2 Å². The van der Waals surface area contributed by atoms with Crippen LogP contribution >= 0.6 is 0 Å². The summed E-state index contributed by atoms with van der Waals surface area (Å²) in [5, 5.41) is 7.63. The molecule has 0 fully saturated rings. The van der Waals surface area contributed by atoms with Crippen molar-refractivity contribution in [2.45, 2.75) is 37.8 Å². The van der Waals surface area contributed by atoms with Gasteiger partial charge in [0.05, 0.1) is 35.5 Å². The number of anilines is 2. The van der Waals surface area contributed by atoms with Crippen LogP contribution in [-0.2, 0) is 10.0 Å². The molecular weight excluding hydrogens is 592 g/mol. The number of amides is 3. The van der Waals surface area contributed by atoms with Crippen molar-refractivity contribution in [2.75, 3.05) is 37.9 Å². The van der Waals surface area contributed by atoms with Crippen LogP contribution < -0.4 is 20.1 Å². The molecule has 1 heterocycles. The largest absolute Gasteiger partial charge is 0.497 e. The molecule has 2 N–H and O–H groups in total. The number of likely N-dealkylation sites (N-methyl/N-ethyl adjacent to an activating group) is 1. The summed E-state index contributed by atoms with van der Waals surface area (Å²) in [4.78, 5) is 29.0. The summed E-state index contributed by atoms with van der Waals surface area (Å²) in [5.74, 6) is 0.249. The summed E-state index contributed by atoms with van der Waals surface area (Å²) in [7, 11) is -0.851. The van der Waals surface area contributed by atoms with Crippen molar-refractivity contribution in [3.8, 4) is 11.5 Å². The van der Waals surface area contributed by atoms with E-state index in [1.54, 1.807) is 35.2 Å². The van der Waals surface area contributed by atoms with Crippen LogP contribution in [0.15, 0.2) is 89.8 Å². The number of hydrogen-bond acceptors (Lipinski definition) is 6. The fourth-order valence-corrected chi connectivity index (χ4v) is 6.60. The highest BCUT2D eigenvalue weighted by atomic mass is 32.2. The smallest absolute Gasteiger partial charge is 0.323 e. The minimum absolute atomic E-state index is 0.00559. The quantitative estimate of drug-likeness (QED) is 0.244. The van der Waals surface area contributed by atoms with Crippen LogP contribution in [0, 0.1) is 5.92 Å². The van der Waals surface area contributed by atoms with Gasteiger partial charge < -0.3 is 25.0 Å². The van der Waals surface area contributed by atoms with E-state index < -0.39 is 22.2 Å². The van der Waals surface area contributed by atoms with E-state index in [4.69, 9.17) is 9.47 Å². The predicted molar refractivity (Wildman–Crippen MR) is 176 cm³/mol. The van der Waals surface area contributed by atoms with E-state index in [1.165, 1.54) is 30.6 Å². The molecule has 45 heavy (non-hydrogen) atoms. The molecule has 11 heteroatoms. The molecule has 236 valence electrons. The van der Waals surface area contributed by atoms with Gasteiger partial charge in [0.25, 0.3) is 5.91 Å². The predicted octanol–water partition coefficient (Wildman–Crippen LogP) is 6.06. The van der Waals surface area contributed by atoms with E-state index in [1.807, 2.05) is 63.2 Å². The number of carbonyl (C=O) groups is 2. The number of rotatable bonds is 8. The third kappa shape index (κ3) is 6.74. The molecule has 10 nitrogen and oxygen atoms in total. The highest BCUT2D eigenvalue weighted by Gasteiger charge is 2.35. The average Bonchev–Trinajstić information content (AvgIpc) is 3.03. The summed E-state index contributed by atoms with van der Waals surface area (Å²) < 4.78 is 40.0. The van der Waals surface area contributed by atoms with Crippen LogP contribution in [0.25, 0.3) is 10.8 Å². The third-order valence-corrected chi connectivity index (χ3v) is 9.85. The van der Waals surface area contributed by atoms with Gasteiger partial charge in [-0.3, -0.25) is 4.79 Å². The van der Waals surface area contributed by atoms with Gasteiger partial charge in [0.1, 0.15) is 11.9 Å². The number of benzene rings is 4. The van der Waals surface area contributed by atoms with E-state index in [0.29, 0.717) is 23.7 Å². The molecule has 1 aliphatic heterocycles. The Morgan fingerprint density at radius 2 is 1.62 bits per heavy atom. The Hall–Kier alpha value is -4.61. The SMILES string of the molecule is COc1ccc(S(=O)(=O)N(C)C[C@@H]2Oc3c(NC(=O)Nc4cccc5ccccc45)cccc3C(=O)N(C(C)C)C[C@H]2C)cc1. The topological polar surface area (TPSA) is 117 Å². The molecule has 2 atom stereocenters. The average molecular weight is 631 g/mol. The van der Waals surface area contributed by atoms with Crippen molar-refractivity contribution in [3.63, 3.8) is 0 Å². The van der Waals surface area contributed by atoms with E-state index >= 15 is 0 Å². The fourth-order valence-electron chi connectivity index (χ4n) is 5.42. The van der Waals surface area contributed by atoms with Gasteiger partial charge in [-0.05, 0) is 61.7 Å². The molecule has 0 bridgehead atoms. The molecule has 0 saturated carbocycles. The van der Waals surface area contributed by atoms with Gasteiger partial charge in [0.15, 0.2) is 5.75 Å². The van der Waals surface area contributed by atoms with Crippen LogP contribution in [0.1, 0.15) is 31.1 Å². The number of fused-ring (bicyclic) bond motifs is 2. The van der Waals surface area contributed by atoms with Crippen molar-refractivity contribution < 1.29 is 27.5 Å². The summed E-state index contributed by atoms with van der Waals surface area (Å²) in [6.07, 6.45) is -0.653. The maximum absolute atomic E-state index is 13.8. The molecule has 0 unspecified atom stereocenters. The molecule has 1 aliphatic rings. The van der Waals surface area contributed by atoms with Crippen LogP contribution in [0.3, 0.4) is 0 Å². The summed E-state index contributed by atoms with van der Waals surface area (Å²) in [6, 6.07) is 23.9. The first kappa shape index (κ1) is 31.8. The van der Waals surface area contributed by atoms with Crippen LogP contribution in [0.4, 0.5) is 16.2 Å². The molecule has 4 aromatic rings. The first-order valence-electron chi connectivity index (χ1n) is 14.8. The Bertz CT molecular complexity index is 1800. The molecule has 0 spiro atoms. The van der Waals surface area contributed by atoms with E-state index in [2.05, 4.69) is 10.6 Å². The number of urea groups is 1. The van der Waals surface area contributed by atoms with E-state index in [0.717, 1.165) is 10.8 Å². The van der Waals surface area contributed by atoms with Gasteiger partial charge in [0.2, 0.25) is 10.0 Å². The third-order valence-electron chi connectivity index (χ3n) is 8.01. The molecule has 5 rings (SSSR count). The van der Waals surface area contributed by atoms with Crippen molar-refractivity contribution in [3.05, 3.63) is 90.5 Å². The molecule has 0 saturated heterocycles. The lowest BCUT2D eigenvalue weighted by molar-refractivity contribution is 0.0485. The molecule has 4 aromatic carbocycles. The number of sulfonamides is 1. The maximum atomic E-state index is 13.8. The normalized spacial score (nSPS) is 17.0. The zero-order valence-corrected chi connectivity index (χ0v) is 26.8. The second-order valence-corrected chi connectivity index (χ2v) is 13.5. The molecule has 0 radical (unpaired) electrons. The van der Waals surface area contributed by atoms with Crippen molar-refractivity contribution in [2.24, 2.45) is 5.92 Å². The molecule has 0 aliphatic carbocycles. The zero-order valence-electron chi connectivity index (χ0n) is 26.0. The Labute approximate surface area is 264 Å². The van der Waals surface area contributed by atoms with Gasteiger partial charge in [-0.2, -0.15) is 4.31 Å². The van der Waals surface area contributed by atoms with Crippen molar-refractivity contribution in [1.82, 2.24) is 9.21 Å². The highest BCUT2D eigenvalue weighted by molar-refractivity contribution is 7.89. The number of para-hydroxylation sites is 1. The van der Waals surface area contributed by atoms with Crippen molar-refractivity contribution in [1.29, 1.82) is 0 Å². The number of carbonyl (C=O) groups excluding carboxylic acids is 2. The Kier molecular flexibility index (Phi) is 9.31. The number of nitrogens with one attached hydrogen (secondary N) is 2. The number of methoxy groups -OCH3 is 1. The van der Waals surface area contributed by atoms with E-state index in [-0.39, 0.29) is 40.6 Å².